The van der Waals surface area contributed by atoms with E-state index in [1.54, 1.807) is 6.07 Å². The van der Waals surface area contributed by atoms with Gasteiger partial charge in [-0.05, 0) is 60.5 Å². The number of hydrogen-bond acceptors (Lipinski definition) is 5. The number of esters is 1. The Labute approximate surface area is 145 Å². The van der Waals surface area contributed by atoms with Gasteiger partial charge in [-0.1, -0.05) is 12.8 Å². The van der Waals surface area contributed by atoms with Crippen molar-refractivity contribution in [2.75, 3.05) is 7.11 Å². The van der Waals surface area contributed by atoms with Crippen molar-refractivity contribution in [3.8, 4) is 5.88 Å². The summed E-state index contributed by atoms with van der Waals surface area (Å²) in [5.41, 5.74) is 0.415. The number of aliphatic hydroxyl groups excluding tert-OH is 1. The lowest BCUT2D eigenvalue weighted by atomic mass is 10.3. The third-order valence-corrected chi connectivity index (χ3v) is 4.70. The SMILES string of the molecule is COC(=O)c1cnc(OC2CCCC2)c(Br)c1.OC1CCCC1. The molecule has 1 heterocycles. The summed E-state index contributed by atoms with van der Waals surface area (Å²) in [4.78, 5) is 15.4. The van der Waals surface area contributed by atoms with Gasteiger partial charge < -0.3 is 14.6 Å². The lowest BCUT2D eigenvalue weighted by Crippen LogP contribution is -2.12. The lowest BCUT2D eigenvalue weighted by Gasteiger charge is -2.13. The van der Waals surface area contributed by atoms with Crippen LogP contribution in [0.2, 0.25) is 0 Å². The summed E-state index contributed by atoms with van der Waals surface area (Å²) in [5, 5.41) is 8.73. The van der Waals surface area contributed by atoms with E-state index in [9.17, 15) is 4.79 Å². The summed E-state index contributed by atoms with van der Waals surface area (Å²) in [6.45, 7) is 0. The van der Waals surface area contributed by atoms with Gasteiger partial charge in [0.05, 0.1) is 23.2 Å². The molecule has 128 valence electrons. The van der Waals surface area contributed by atoms with Gasteiger partial charge >= 0.3 is 5.97 Å². The standard InChI is InChI=1S/C12H14BrNO3.C5H10O/c1-16-12(15)8-6-10(13)11(14-7-8)17-9-4-2-3-5-9;6-5-3-1-2-4-5/h6-7,9H,2-5H2,1H3;5-6H,1-4H2. The zero-order chi connectivity index (χ0) is 16.7. The number of hydrogen-bond donors (Lipinski definition) is 1. The highest BCUT2D eigenvalue weighted by molar-refractivity contribution is 9.10. The van der Waals surface area contributed by atoms with Gasteiger partial charge in [0, 0.05) is 6.20 Å². The van der Waals surface area contributed by atoms with E-state index in [0.29, 0.717) is 15.9 Å². The summed E-state index contributed by atoms with van der Waals surface area (Å²) >= 11 is 3.36. The molecule has 0 atom stereocenters. The Balaban J connectivity index is 0.000000268. The summed E-state index contributed by atoms with van der Waals surface area (Å²) in [7, 11) is 1.35. The Morgan fingerprint density at radius 3 is 2.30 bits per heavy atom. The summed E-state index contributed by atoms with van der Waals surface area (Å²) in [5.74, 6) is 0.148. The van der Waals surface area contributed by atoms with Gasteiger partial charge in [0.25, 0.3) is 0 Å². The molecule has 1 N–H and O–H groups in total. The van der Waals surface area contributed by atoms with E-state index in [0.717, 1.165) is 25.7 Å². The molecule has 23 heavy (non-hydrogen) atoms. The van der Waals surface area contributed by atoms with E-state index in [-0.39, 0.29) is 12.2 Å². The maximum Gasteiger partial charge on any atom is 0.339 e. The fraction of sp³-hybridized carbons (Fsp3) is 0.647. The van der Waals surface area contributed by atoms with Crippen LogP contribution in [-0.4, -0.2) is 35.4 Å². The van der Waals surface area contributed by atoms with Crippen LogP contribution in [0, 0.1) is 0 Å². The molecule has 0 bridgehead atoms. The molecule has 0 spiro atoms. The van der Waals surface area contributed by atoms with Gasteiger partial charge in [-0.15, -0.1) is 0 Å². The minimum Gasteiger partial charge on any atom is -0.474 e. The second-order valence-electron chi connectivity index (χ2n) is 5.97. The van der Waals surface area contributed by atoms with Gasteiger partial charge in [-0.2, -0.15) is 0 Å². The third kappa shape index (κ3) is 5.77. The highest BCUT2D eigenvalue weighted by Gasteiger charge is 2.19. The van der Waals surface area contributed by atoms with Crippen molar-refractivity contribution < 1.29 is 19.4 Å². The molecular weight excluding hydrogens is 362 g/mol. The van der Waals surface area contributed by atoms with Crippen LogP contribution in [0.3, 0.4) is 0 Å². The maximum atomic E-state index is 11.3. The van der Waals surface area contributed by atoms with Gasteiger partial charge in [0.15, 0.2) is 0 Å². The minimum absolute atomic E-state index is 0.0463. The summed E-state index contributed by atoms with van der Waals surface area (Å²) < 4.78 is 11.1. The molecule has 6 heteroatoms. The molecule has 1 aromatic heterocycles. The number of carbonyl (C=O) groups is 1. The van der Waals surface area contributed by atoms with E-state index in [4.69, 9.17) is 9.84 Å². The highest BCUT2D eigenvalue weighted by atomic mass is 79.9. The van der Waals surface area contributed by atoms with Crippen LogP contribution in [0.25, 0.3) is 0 Å². The number of nitrogens with zero attached hydrogens (tertiary/aromatic N) is 1. The van der Waals surface area contributed by atoms with Crippen LogP contribution in [0.4, 0.5) is 0 Å². The summed E-state index contributed by atoms with van der Waals surface area (Å²) in [6, 6.07) is 1.67. The second kappa shape index (κ2) is 9.23. The fourth-order valence-corrected chi connectivity index (χ4v) is 3.25. The van der Waals surface area contributed by atoms with Crippen molar-refractivity contribution in [3.05, 3.63) is 22.3 Å². The van der Waals surface area contributed by atoms with E-state index < -0.39 is 5.97 Å². The van der Waals surface area contributed by atoms with Gasteiger partial charge in [-0.25, -0.2) is 9.78 Å². The average Bonchev–Trinajstić information content (AvgIpc) is 3.23. The monoisotopic (exact) mass is 385 g/mol. The maximum absolute atomic E-state index is 11.3. The number of rotatable bonds is 3. The number of halogens is 1. The number of aliphatic hydroxyl groups is 1. The lowest BCUT2D eigenvalue weighted by molar-refractivity contribution is 0.0600. The van der Waals surface area contributed by atoms with Gasteiger partial charge in [-0.3, -0.25) is 0 Å². The molecule has 3 rings (SSSR count). The largest absolute Gasteiger partial charge is 0.474 e. The number of ether oxygens (including phenoxy) is 2. The van der Waals surface area contributed by atoms with Crippen LogP contribution in [0.5, 0.6) is 5.88 Å². The quantitative estimate of drug-likeness (QED) is 0.799. The molecule has 0 aliphatic heterocycles. The van der Waals surface area contributed by atoms with Crippen LogP contribution in [-0.2, 0) is 4.74 Å². The zero-order valence-corrected chi connectivity index (χ0v) is 15.0. The van der Waals surface area contributed by atoms with E-state index in [1.807, 2.05) is 0 Å². The second-order valence-corrected chi connectivity index (χ2v) is 6.82. The number of aromatic nitrogens is 1. The number of methoxy groups -OCH3 is 1. The topological polar surface area (TPSA) is 68.7 Å². The molecule has 0 radical (unpaired) electrons. The molecule has 2 saturated carbocycles. The first-order valence-corrected chi connectivity index (χ1v) is 8.98. The average molecular weight is 386 g/mol. The van der Waals surface area contributed by atoms with Crippen molar-refractivity contribution in [2.45, 2.75) is 63.6 Å². The molecule has 0 saturated heterocycles. The van der Waals surface area contributed by atoms with Crippen molar-refractivity contribution in [3.63, 3.8) is 0 Å². The van der Waals surface area contributed by atoms with E-state index in [2.05, 4.69) is 25.7 Å². The first-order valence-electron chi connectivity index (χ1n) is 8.18. The van der Waals surface area contributed by atoms with Crippen molar-refractivity contribution in [1.29, 1.82) is 0 Å². The molecule has 2 aliphatic carbocycles. The molecule has 0 unspecified atom stereocenters. The third-order valence-electron chi connectivity index (χ3n) is 4.13. The Hall–Kier alpha value is -1.14. The van der Waals surface area contributed by atoms with Crippen LogP contribution in [0.15, 0.2) is 16.7 Å². The predicted molar refractivity (Wildman–Crippen MR) is 90.6 cm³/mol. The van der Waals surface area contributed by atoms with Crippen LogP contribution in [0.1, 0.15) is 61.7 Å². The van der Waals surface area contributed by atoms with Crippen molar-refractivity contribution in [2.24, 2.45) is 0 Å². The Morgan fingerprint density at radius 2 is 1.83 bits per heavy atom. The van der Waals surface area contributed by atoms with Crippen molar-refractivity contribution in [1.82, 2.24) is 4.98 Å². The molecule has 0 aromatic carbocycles. The zero-order valence-electron chi connectivity index (χ0n) is 13.5. The smallest absolute Gasteiger partial charge is 0.339 e. The van der Waals surface area contributed by atoms with E-state index in [1.165, 1.54) is 39.0 Å². The van der Waals surface area contributed by atoms with Crippen LogP contribution < -0.4 is 4.74 Å². The number of pyridine rings is 1. The summed E-state index contributed by atoms with van der Waals surface area (Å²) in [6.07, 6.45) is 10.9. The molecule has 1 aromatic rings. The highest BCUT2D eigenvalue weighted by Crippen LogP contribution is 2.28. The molecular formula is C17H24BrNO4. The van der Waals surface area contributed by atoms with Gasteiger partial charge in [0.2, 0.25) is 5.88 Å². The van der Waals surface area contributed by atoms with Crippen molar-refractivity contribution >= 4 is 21.9 Å². The predicted octanol–water partition coefficient (Wildman–Crippen LogP) is 3.87. The Bertz CT molecular complexity index is 511. The number of carbonyl (C=O) groups excluding carboxylic acids is 1. The van der Waals surface area contributed by atoms with E-state index >= 15 is 0 Å². The molecule has 2 aliphatic rings. The first kappa shape index (κ1) is 18.2. The fourth-order valence-electron chi connectivity index (χ4n) is 2.81. The molecule has 5 nitrogen and oxygen atoms in total. The first-order chi connectivity index (χ1) is 11.1. The molecule has 2 fully saturated rings. The van der Waals surface area contributed by atoms with Gasteiger partial charge in [0.1, 0.15) is 6.10 Å². The molecule has 0 amide bonds. The Kier molecular flexibility index (Phi) is 7.30. The van der Waals surface area contributed by atoms with Crippen LogP contribution >= 0.6 is 15.9 Å². The Morgan fingerprint density at radius 1 is 1.22 bits per heavy atom. The minimum atomic E-state index is -0.398. The normalized spacial score (nSPS) is 18.4.